The fraction of sp³-hybridized carbons (Fsp3) is 1.00. The van der Waals surface area contributed by atoms with Gasteiger partial charge in [0.05, 0.1) is 6.61 Å². The van der Waals surface area contributed by atoms with Crippen LogP contribution in [0.3, 0.4) is 0 Å². The molecule has 1 aliphatic heterocycles. The summed E-state index contributed by atoms with van der Waals surface area (Å²) in [7, 11) is 3.96. The first-order valence-electron chi connectivity index (χ1n) is 5.24. The fourth-order valence-corrected chi connectivity index (χ4v) is 2.04. The molecule has 0 bridgehead atoms. The van der Waals surface area contributed by atoms with E-state index in [2.05, 4.69) is 25.8 Å². The van der Waals surface area contributed by atoms with Gasteiger partial charge in [-0.05, 0) is 18.9 Å². The molecule has 1 atom stereocenters. The predicted octanol–water partition coefficient (Wildman–Crippen LogP) is 2.39. The molecule has 1 aliphatic rings. The molecule has 0 unspecified atom stereocenters. The maximum atomic E-state index is 5.15. The van der Waals surface area contributed by atoms with Gasteiger partial charge in [-0.2, -0.15) is 0 Å². The van der Waals surface area contributed by atoms with Crippen LogP contribution >= 0.6 is 0 Å². The number of hydrogen-bond acceptors (Lipinski definition) is 2. The summed E-state index contributed by atoms with van der Waals surface area (Å²) in [5.41, 5.74) is 0.484. The van der Waals surface area contributed by atoms with Gasteiger partial charge in [-0.15, -0.1) is 0 Å². The van der Waals surface area contributed by atoms with Gasteiger partial charge >= 0.3 is 0 Å². The number of rotatable bonds is 2. The highest BCUT2D eigenvalue weighted by Crippen LogP contribution is 2.32. The third-order valence-corrected chi connectivity index (χ3v) is 2.45. The normalized spacial score (nSPS) is 26.8. The Labute approximate surface area is 83.3 Å². The Kier molecular flexibility index (Phi) is 5.57. The van der Waals surface area contributed by atoms with Gasteiger partial charge in [0, 0.05) is 19.7 Å². The van der Waals surface area contributed by atoms with Crippen molar-refractivity contribution in [3.8, 4) is 0 Å². The highest BCUT2D eigenvalue weighted by atomic mass is 16.5. The lowest BCUT2D eigenvalue weighted by molar-refractivity contribution is 0.129. The Hall–Kier alpha value is -0.0800. The zero-order valence-corrected chi connectivity index (χ0v) is 10.1. The molecular formula is C11H25NO. The zero-order valence-electron chi connectivity index (χ0n) is 10.1. The smallest absolute Gasteiger partial charge is 0.0618 e. The molecule has 1 saturated heterocycles. The van der Waals surface area contributed by atoms with E-state index in [4.69, 9.17) is 4.74 Å². The summed E-state index contributed by atoms with van der Waals surface area (Å²) in [6, 6.07) is 0.634. The summed E-state index contributed by atoms with van der Waals surface area (Å²) in [5.74, 6) is 0. The average Bonchev–Trinajstić information content (AvgIpc) is 2.30. The molecule has 0 N–H and O–H groups in total. The Morgan fingerprint density at radius 1 is 1.38 bits per heavy atom. The number of likely N-dealkylation sites (tertiary alicyclic amines) is 1. The van der Waals surface area contributed by atoms with Gasteiger partial charge in [-0.1, -0.05) is 27.7 Å². The first-order chi connectivity index (χ1) is 6.05. The Bertz CT molecular complexity index is 134. The van der Waals surface area contributed by atoms with Crippen molar-refractivity contribution < 1.29 is 4.74 Å². The molecule has 1 fully saturated rings. The standard InChI is InChI=1S/C9H19NO.C2H6/c1-9(2)5-8(6-11-4)10(3)7-9;1-2/h8H,5-7H2,1-4H3;1-2H3/t8-;/m0./s1. The topological polar surface area (TPSA) is 12.5 Å². The Balaban J connectivity index is 0.000000671. The minimum Gasteiger partial charge on any atom is -0.383 e. The summed E-state index contributed by atoms with van der Waals surface area (Å²) in [5, 5.41) is 0. The second-order valence-electron chi connectivity index (χ2n) is 4.39. The summed E-state index contributed by atoms with van der Waals surface area (Å²) < 4.78 is 5.15. The van der Waals surface area contributed by atoms with E-state index in [0.717, 1.165) is 6.61 Å². The molecule has 13 heavy (non-hydrogen) atoms. The van der Waals surface area contributed by atoms with E-state index in [-0.39, 0.29) is 0 Å². The van der Waals surface area contributed by atoms with Crippen molar-refractivity contribution in [2.24, 2.45) is 5.41 Å². The summed E-state index contributed by atoms with van der Waals surface area (Å²) in [6.07, 6.45) is 1.26. The van der Waals surface area contributed by atoms with Crippen LogP contribution in [-0.4, -0.2) is 38.3 Å². The van der Waals surface area contributed by atoms with Gasteiger partial charge in [0.25, 0.3) is 0 Å². The first kappa shape index (κ1) is 12.9. The lowest BCUT2D eigenvalue weighted by Crippen LogP contribution is -2.28. The lowest BCUT2D eigenvalue weighted by Gasteiger charge is -2.17. The molecule has 0 spiro atoms. The van der Waals surface area contributed by atoms with Crippen LogP contribution in [0.2, 0.25) is 0 Å². The van der Waals surface area contributed by atoms with E-state index in [0.29, 0.717) is 11.5 Å². The van der Waals surface area contributed by atoms with Crippen molar-refractivity contribution in [1.29, 1.82) is 0 Å². The van der Waals surface area contributed by atoms with Crippen LogP contribution in [0.1, 0.15) is 34.1 Å². The Morgan fingerprint density at radius 2 is 1.92 bits per heavy atom. The predicted molar refractivity (Wildman–Crippen MR) is 58.0 cm³/mol. The lowest BCUT2D eigenvalue weighted by atomic mass is 9.91. The number of hydrogen-bond donors (Lipinski definition) is 0. The zero-order chi connectivity index (χ0) is 10.5. The molecule has 0 aromatic heterocycles. The molecule has 0 saturated carbocycles. The van der Waals surface area contributed by atoms with Gasteiger partial charge in [0.1, 0.15) is 0 Å². The van der Waals surface area contributed by atoms with E-state index in [1.807, 2.05) is 13.8 Å². The molecule has 0 radical (unpaired) electrons. The third kappa shape index (κ3) is 4.10. The summed E-state index contributed by atoms with van der Waals surface area (Å²) in [6.45, 7) is 10.7. The third-order valence-electron chi connectivity index (χ3n) is 2.45. The molecular weight excluding hydrogens is 162 g/mol. The van der Waals surface area contributed by atoms with Crippen molar-refractivity contribution in [2.45, 2.75) is 40.2 Å². The van der Waals surface area contributed by atoms with Crippen LogP contribution < -0.4 is 0 Å². The van der Waals surface area contributed by atoms with Gasteiger partial charge in [0.2, 0.25) is 0 Å². The number of ether oxygens (including phenoxy) is 1. The Morgan fingerprint density at radius 3 is 2.23 bits per heavy atom. The molecule has 0 amide bonds. The molecule has 1 rings (SSSR count). The fourth-order valence-electron chi connectivity index (χ4n) is 2.04. The largest absolute Gasteiger partial charge is 0.383 e. The van der Waals surface area contributed by atoms with Gasteiger partial charge in [0.15, 0.2) is 0 Å². The number of nitrogens with zero attached hydrogens (tertiary/aromatic N) is 1. The quantitative estimate of drug-likeness (QED) is 0.658. The maximum Gasteiger partial charge on any atom is 0.0618 e. The van der Waals surface area contributed by atoms with Crippen molar-refractivity contribution in [3.63, 3.8) is 0 Å². The minimum atomic E-state index is 0.484. The summed E-state index contributed by atoms with van der Waals surface area (Å²) >= 11 is 0. The van der Waals surface area contributed by atoms with Crippen molar-refractivity contribution in [3.05, 3.63) is 0 Å². The van der Waals surface area contributed by atoms with Crippen LogP contribution in [0, 0.1) is 5.41 Å². The second-order valence-corrected chi connectivity index (χ2v) is 4.39. The number of methoxy groups -OCH3 is 1. The van der Waals surface area contributed by atoms with Crippen LogP contribution in [-0.2, 0) is 4.74 Å². The molecule has 0 aromatic carbocycles. The van der Waals surface area contributed by atoms with Crippen molar-refractivity contribution in [2.75, 3.05) is 27.3 Å². The average molecular weight is 187 g/mol. The van der Waals surface area contributed by atoms with Crippen LogP contribution in [0.15, 0.2) is 0 Å². The van der Waals surface area contributed by atoms with E-state index >= 15 is 0 Å². The van der Waals surface area contributed by atoms with Gasteiger partial charge in [-0.3, -0.25) is 0 Å². The highest BCUT2D eigenvalue weighted by Gasteiger charge is 2.34. The molecule has 0 aromatic rings. The maximum absolute atomic E-state index is 5.15. The number of likely N-dealkylation sites (N-methyl/N-ethyl adjacent to an activating group) is 1. The summed E-state index contributed by atoms with van der Waals surface area (Å²) in [4.78, 5) is 2.39. The SMILES string of the molecule is CC.COC[C@@H]1CC(C)(C)CN1C. The highest BCUT2D eigenvalue weighted by molar-refractivity contribution is 4.88. The molecule has 2 heteroatoms. The van der Waals surface area contributed by atoms with Crippen LogP contribution in [0.4, 0.5) is 0 Å². The minimum absolute atomic E-state index is 0.484. The molecule has 80 valence electrons. The molecule has 1 heterocycles. The second kappa shape index (κ2) is 5.61. The monoisotopic (exact) mass is 187 g/mol. The van der Waals surface area contributed by atoms with Crippen molar-refractivity contribution >= 4 is 0 Å². The first-order valence-corrected chi connectivity index (χ1v) is 5.24. The van der Waals surface area contributed by atoms with E-state index in [1.54, 1.807) is 7.11 Å². The van der Waals surface area contributed by atoms with Crippen LogP contribution in [0.25, 0.3) is 0 Å². The molecule has 0 aliphatic carbocycles. The van der Waals surface area contributed by atoms with E-state index < -0.39 is 0 Å². The van der Waals surface area contributed by atoms with Crippen molar-refractivity contribution in [1.82, 2.24) is 4.90 Å². The van der Waals surface area contributed by atoms with Gasteiger partial charge in [-0.25, -0.2) is 0 Å². The van der Waals surface area contributed by atoms with Crippen LogP contribution in [0.5, 0.6) is 0 Å². The van der Waals surface area contributed by atoms with E-state index in [1.165, 1.54) is 13.0 Å². The van der Waals surface area contributed by atoms with Gasteiger partial charge < -0.3 is 9.64 Å². The molecule has 2 nitrogen and oxygen atoms in total. The van der Waals surface area contributed by atoms with E-state index in [9.17, 15) is 0 Å².